The van der Waals surface area contributed by atoms with Gasteiger partial charge < -0.3 is 15.1 Å². The minimum Gasteiger partial charge on any atom is -0.436 e. The second-order valence-corrected chi connectivity index (χ2v) is 8.21. The van der Waals surface area contributed by atoms with Crippen molar-refractivity contribution in [2.45, 2.75) is 13.5 Å². The van der Waals surface area contributed by atoms with Gasteiger partial charge >= 0.3 is 0 Å². The summed E-state index contributed by atoms with van der Waals surface area (Å²) in [4.78, 5) is 19.9. The highest BCUT2D eigenvalue weighted by atomic mass is 16.3. The summed E-state index contributed by atoms with van der Waals surface area (Å²) in [7, 11) is 0. The number of carbonyl (C=O) groups excluding carboxylic acids is 1. The molecule has 2 N–H and O–H groups in total. The van der Waals surface area contributed by atoms with Crippen LogP contribution in [0.15, 0.2) is 71.1 Å². The number of hydrogen-bond donors (Lipinski definition) is 2. The van der Waals surface area contributed by atoms with E-state index in [4.69, 9.17) is 4.42 Å². The molecule has 1 aliphatic heterocycles. The van der Waals surface area contributed by atoms with Crippen LogP contribution in [-0.2, 0) is 6.54 Å². The number of anilines is 1. The Hall–Kier alpha value is -3.48. The summed E-state index contributed by atoms with van der Waals surface area (Å²) >= 11 is 0. The zero-order valence-electron chi connectivity index (χ0n) is 18.1. The molecule has 0 atom stereocenters. The Bertz CT molecular complexity index is 1240. The molecule has 32 heavy (non-hydrogen) atoms. The van der Waals surface area contributed by atoms with Gasteiger partial charge in [-0.25, -0.2) is 4.98 Å². The van der Waals surface area contributed by atoms with E-state index in [2.05, 4.69) is 32.7 Å². The number of fused-ring (bicyclic) bond motifs is 1. The largest absolute Gasteiger partial charge is 0.436 e. The van der Waals surface area contributed by atoms with Crippen LogP contribution in [0.3, 0.4) is 0 Å². The number of amides is 1. The summed E-state index contributed by atoms with van der Waals surface area (Å²) < 4.78 is 6.13. The summed E-state index contributed by atoms with van der Waals surface area (Å²) in [6.45, 7) is 7.05. The molecule has 6 nitrogen and oxygen atoms in total. The lowest BCUT2D eigenvalue weighted by Crippen LogP contribution is -2.42. The minimum absolute atomic E-state index is 0.160. The summed E-state index contributed by atoms with van der Waals surface area (Å²) in [5, 5.41) is 6.39. The summed E-state index contributed by atoms with van der Waals surface area (Å²) in [5.74, 6) is 0.339. The minimum atomic E-state index is -0.160. The maximum atomic E-state index is 12.7. The molecule has 0 saturated carbocycles. The molecule has 1 aliphatic rings. The maximum Gasteiger partial charge on any atom is 0.255 e. The number of benzene rings is 3. The molecule has 1 amide bonds. The van der Waals surface area contributed by atoms with Crippen molar-refractivity contribution in [1.29, 1.82) is 0 Å². The molecule has 6 heteroatoms. The van der Waals surface area contributed by atoms with Gasteiger partial charge in [0.15, 0.2) is 5.58 Å². The molecule has 2 heterocycles. The quantitative estimate of drug-likeness (QED) is 0.493. The SMILES string of the molecule is Cc1ccc(C(=O)Nc2ccccc2-c2nc3ccc(CN4CCNCC4)cc3o2)cc1. The zero-order chi connectivity index (χ0) is 21.9. The van der Waals surface area contributed by atoms with Gasteiger partial charge in [-0.2, -0.15) is 0 Å². The van der Waals surface area contributed by atoms with Crippen molar-refractivity contribution >= 4 is 22.7 Å². The number of aryl methyl sites for hydroxylation is 1. The first-order valence-corrected chi connectivity index (χ1v) is 11.0. The van der Waals surface area contributed by atoms with Crippen molar-refractivity contribution in [3.63, 3.8) is 0 Å². The summed E-state index contributed by atoms with van der Waals surface area (Å²) in [6, 6.07) is 21.3. The molecule has 1 fully saturated rings. The van der Waals surface area contributed by atoms with Crippen molar-refractivity contribution in [3.8, 4) is 11.5 Å². The molecule has 0 spiro atoms. The van der Waals surface area contributed by atoms with E-state index >= 15 is 0 Å². The number of nitrogens with zero attached hydrogens (tertiary/aromatic N) is 2. The topological polar surface area (TPSA) is 70.4 Å². The third-order valence-corrected chi connectivity index (χ3v) is 5.79. The Morgan fingerprint density at radius 3 is 2.66 bits per heavy atom. The van der Waals surface area contributed by atoms with Gasteiger partial charge in [-0.3, -0.25) is 9.69 Å². The van der Waals surface area contributed by atoms with E-state index in [0.29, 0.717) is 17.1 Å². The van der Waals surface area contributed by atoms with E-state index in [0.717, 1.165) is 55.0 Å². The Morgan fingerprint density at radius 2 is 1.84 bits per heavy atom. The van der Waals surface area contributed by atoms with E-state index in [1.54, 1.807) is 0 Å². The Morgan fingerprint density at radius 1 is 1.06 bits per heavy atom. The normalized spacial score (nSPS) is 14.5. The van der Waals surface area contributed by atoms with Gasteiger partial charge in [-0.05, 0) is 48.9 Å². The van der Waals surface area contributed by atoms with Gasteiger partial charge in [0.1, 0.15) is 5.52 Å². The number of carbonyl (C=O) groups is 1. The van der Waals surface area contributed by atoms with Crippen LogP contribution < -0.4 is 10.6 Å². The highest BCUT2D eigenvalue weighted by molar-refractivity contribution is 6.06. The Kier molecular flexibility index (Phi) is 5.71. The third-order valence-electron chi connectivity index (χ3n) is 5.79. The van der Waals surface area contributed by atoms with E-state index in [1.165, 1.54) is 5.56 Å². The predicted octanol–water partition coefficient (Wildman–Crippen LogP) is 4.46. The average Bonchev–Trinajstić information content (AvgIpc) is 3.24. The molecule has 0 aliphatic carbocycles. The van der Waals surface area contributed by atoms with Crippen LogP contribution in [0, 0.1) is 6.92 Å². The maximum absolute atomic E-state index is 12.7. The van der Waals surface area contributed by atoms with Gasteiger partial charge in [0.2, 0.25) is 5.89 Å². The van der Waals surface area contributed by atoms with Crippen LogP contribution in [-0.4, -0.2) is 42.0 Å². The van der Waals surface area contributed by atoms with Crippen molar-refractivity contribution < 1.29 is 9.21 Å². The van der Waals surface area contributed by atoms with Crippen LogP contribution in [0.4, 0.5) is 5.69 Å². The lowest BCUT2D eigenvalue weighted by atomic mass is 10.1. The van der Waals surface area contributed by atoms with Crippen molar-refractivity contribution in [2.24, 2.45) is 0 Å². The number of hydrogen-bond acceptors (Lipinski definition) is 5. The second kappa shape index (κ2) is 8.94. The fourth-order valence-corrected chi connectivity index (χ4v) is 3.99. The average molecular weight is 427 g/mol. The number of aromatic nitrogens is 1. The fourth-order valence-electron chi connectivity index (χ4n) is 3.99. The van der Waals surface area contributed by atoms with Crippen molar-refractivity contribution in [2.75, 3.05) is 31.5 Å². The molecular weight excluding hydrogens is 400 g/mol. The smallest absolute Gasteiger partial charge is 0.255 e. The van der Waals surface area contributed by atoms with Gasteiger partial charge in [0, 0.05) is 38.3 Å². The third kappa shape index (κ3) is 4.42. The number of rotatable bonds is 5. The Labute approximate surface area is 187 Å². The second-order valence-electron chi connectivity index (χ2n) is 8.21. The van der Waals surface area contributed by atoms with Gasteiger partial charge in [0.25, 0.3) is 5.91 Å². The van der Waals surface area contributed by atoms with E-state index in [-0.39, 0.29) is 5.91 Å². The van der Waals surface area contributed by atoms with Crippen LogP contribution in [0.5, 0.6) is 0 Å². The number of para-hydroxylation sites is 1. The number of nitrogens with one attached hydrogen (secondary N) is 2. The van der Waals surface area contributed by atoms with Gasteiger partial charge in [-0.15, -0.1) is 0 Å². The van der Waals surface area contributed by atoms with Gasteiger partial charge in [0.05, 0.1) is 11.3 Å². The molecule has 0 radical (unpaired) electrons. The standard InChI is InChI=1S/C26H26N4O2/c1-18-6-9-20(10-7-18)25(31)28-22-5-3-2-4-21(22)26-29-23-11-8-19(16-24(23)32-26)17-30-14-12-27-13-15-30/h2-11,16,27H,12-15,17H2,1H3,(H,28,31). The molecule has 0 bridgehead atoms. The lowest BCUT2D eigenvalue weighted by Gasteiger charge is -2.27. The van der Waals surface area contributed by atoms with Crippen LogP contribution >= 0.6 is 0 Å². The van der Waals surface area contributed by atoms with E-state index in [9.17, 15) is 4.79 Å². The van der Waals surface area contributed by atoms with Crippen LogP contribution in [0.2, 0.25) is 0 Å². The lowest BCUT2D eigenvalue weighted by molar-refractivity contribution is 0.102. The first kappa shape index (κ1) is 20.4. The van der Waals surface area contributed by atoms with Crippen LogP contribution in [0.1, 0.15) is 21.5 Å². The molecule has 5 rings (SSSR count). The highest BCUT2D eigenvalue weighted by Gasteiger charge is 2.16. The number of piperazine rings is 1. The first-order valence-electron chi connectivity index (χ1n) is 11.0. The molecule has 0 unspecified atom stereocenters. The fraction of sp³-hybridized carbons (Fsp3) is 0.231. The predicted molar refractivity (Wildman–Crippen MR) is 127 cm³/mol. The molecule has 4 aromatic rings. The van der Waals surface area contributed by atoms with Crippen molar-refractivity contribution in [3.05, 3.63) is 83.4 Å². The first-order chi connectivity index (χ1) is 15.7. The molecule has 3 aromatic carbocycles. The summed E-state index contributed by atoms with van der Waals surface area (Å²) in [6.07, 6.45) is 0. The molecule has 1 saturated heterocycles. The van der Waals surface area contributed by atoms with E-state index in [1.807, 2.05) is 61.5 Å². The van der Waals surface area contributed by atoms with Crippen molar-refractivity contribution in [1.82, 2.24) is 15.2 Å². The van der Waals surface area contributed by atoms with Gasteiger partial charge in [-0.1, -0.05) is 35.9 Å². The Balaban J connectivity index is 1.40. The molecule has 162 valence electrons. The summed E-state index contributed by atoms with van der Waals surface area (Å²) in [5.41, 5.74) is 5.93. The van der Waals surface area contributed by atoms with E-state index < -0.39 is 0 Å². The molecule has 1 aromatic heterocycles. The molecular formula is C26H26N4O2. The zero-order valence-corrected chi connectivity index (χ0v) is 18.1. The highest BCUT2D eigenvalue weighted by Crippen LogP contribution is 2.31. The van der Waals surface area contributed by atoms with Crippen LogP contribution in [0.25, 0.3) is 22.6 Å². The monoisotopic (exact) mass is 426 g/mol. The number of oxazole rings is 1.